The highest BCUT2D eigenvalue weighted by atomic mass is 16.6. The quantitative estimate of drug-likeness (QED) is 0.492. The van der Waals surface area contributed by atoms with Gasteiger partial charge in [0.05, 0.1) is 0 Å². The number of nitrogens with zero attached hydrogens (tertiary/aromatic N) is 1. The van der Waals surface area contributed by atoms with E-state index in [4.69, 9.17) is 9.25 Å². The molecule has 0 spiro atoms. The van der Waals surface area contributed by atoms with Crippen molar-refractivity contribution in [2.45, 2.75) is 25.2 Å². The van der Waals surface area contributed by atoms with Crippen LogP contribution < -0.4 is 0 Å². The molecular formula is C21H21NO2. The van der Waals surface area contributed by atoms with Crippen LogP contribution in [0.4, 0.5) is 0 Å². The minimum Gasteiger partial charge on any atom is -0.455 e. The molecule has 4 rings (SSSR count). The van der Waals surface area contributed by atoms with Crippen LogP contribution in [0.5, 0.6) is 0 Å². The van der Waals surface area contributed by atoms with Crippen LogP contribution in [0.2, 0.25) is 0 Å². The molecule has 1 heterocycles. The molecule has 0 bridgehead atoms. The number of fused-ring (bicyclic) bond motifs is 1. The molecule has 1 aromatic heterocycles. The average molecular weight is 319 g/mol. The molecule has 24 heavy (non-hydrogen) atoms. The van der Waals surface area contributed by atoms with Gasteiger partial charge in [-0.25, -0.2) is 0 Å². The highest BCUT2D eigenvalue weighted by Gasteiger charge is 2.45. The fourth-order valence-corrected chi connectivity index (χ4v) is 3.82. The Balaban J connectivity index is 1.61. The van der Waals surface area contributed by atoms with Gasteiger partial charge in [-0.15, -0.1) is 0 Å². The van der Waals surface area contributed by atoms with Crippen molar-refractivity contribution in [3.8, 4) is 0 Å². The maximum Gasteiger partial charge on any atom is 0.153 e. The van der Waals surface area contributed by atoms with Crippen molar-refractivity contribution in [2.24, 2.45) is 11.1 Å². The molecule has 1 saturated carbocycles. The zero-order chi connectivity index (χ0) is 16.6. The third kappa shape index (κ3) is 2.50. The summed E-state index contributed by atoms with van der Waals surface area (Å²) in [6, 6.07) is 20.8. The van der Waals surface area contributed by atoms with Crippen molar-refractivity contribution in [1.82, 2.24) is 0 Å². The Bertz CT molecular complexity index is 840. The van der Waals surface area contributed by atoms with E-state index in [0.29, 0.717) is 5.92 Å². The van der Waals surface area contributed by atoms with Crippen LogP contribution in [0.1, 0.15) is 31.1 Å². The molecule has 122 valence electrons. The van der Waals surface area contributed by atoms with E-state index in [1.807, 2.05) is 18.2 Å². The smallest absolute Gasteiger partial charge is 0.153 e. The summed E-state index contributed by atoms with van der Waals surface area (Å²) in [6.45, 7) is 2.32. The number of para-hydroxylation sites is 1. The van der Waals surface area contributed by atoms with Gasteiger partial charge in [0.25, 0.3) is 0 Å². The van der Waals surface area contributed by atoms with Crippen molar-refractivity contribution in [3.05, 3.63) is 72.0 Å². The Morgan fingerprint density at radius 1 is 1.08 bits per heavy atom. The normalized spacial score (nSPS) is 23.9. The Labute approximate surface area is 141 Å². The Hall–Kier alpha value is -2.55. The van der Waals surface area contributed by atoms with Gasteiger partial charge in [0, 0.05) is 11.3 Å². The van der Waals surface area contributed by atoms with Crippen molar-refractivity contribution >= 4 is 16.7 Å². The fraction of sp³-hybridized carbons (Fsp3) is 0.286. The van der Waals surface area contributed by atoms with Crippen LogP contribution in [0.3, 0.4) is 0 Å². The lowest BCUT2D eigenvalue weighted by molar-refractivity contribution is 0.187. The van der Waals surface area contributed by atoms with Crippen molar-refractivity contribution in [3.63, 3.8) is 0 Å². The van der Waals surface area contributed by atoms with Gasteiger partial charge in [-0.1, -0.05) is 60.6 Å². The number of hydrogen-bond donors (Lipinski definition) is 0. The van der Waals surface area contributed by atoms with E-state index < -0.39 is 0 Å². The lowest BCUT2D eigenvalue weighted by Gasteiger charge is -2.45. The molecule has 0 unspecified atom stereocenters. The van der Waals surface area contributed by atoms with E-state index in [2.05, 4.69) is 54.5 Å². The summed E-state index contributed by atoms with van der Waals surface area (Å²) in [5, 5.41) is 5.39. The Kier molecular flexibility index (Phi) is 3.64. The highest BCUT2D eigenvalue weighted by Crippen LogP contribution is 2.49. The van der Waals surface area contributed by atoms with Gasteiger partial charge in [-0.2, -0.15) is 0 Å². The topological polar surface area (TPSA) is 34.7 Å². The van der Waals surface area contributed by atoms with Gasteiger partial charge < -0.3 is 9.25 Å². The lowest BCUT2D eigenvalue weighted by atomic mass is 9.58. The Morgan fingerprint density at radius 2 is 1.79 bits per heavy atom. The number of rotatable bonds is 4. The van der Waals surface area contributed by atoms with Crippen LogP contribution in [0, 0.1) is 5.92 Å². The minimum absolute atomic E-state index is 0.201. The summed E-state index contributed by atoms with van der Waals surface area (Å²) < 4.78 is 6.00. The molecule has 0 saturated heterocycles. The van der Waals surface area contributed by atoms with E-state index in [1.165, 1.54) is 5.56 Å². The van der Waals surface area contributed by atoms with Crippen LogP contribution in [0.15, 0.2) is 70.2 Å². The zero-order valence-electron chi connectivity index (χ0n) is 14.0. The van der Waals surface area contributed by atoms with Crippen molar-refractivity contribution in [2.75, 3.05) is 7.11 Å². The molecule has 3 nitrogen and oxygen atoms in total. The Morgan fingerprint density at radius 3 is 2.50 bits per heavy atom. The molecule has 2 aromatic carbocycles. The molecular weight excluding hydrogens is 298 g/mol. The number of oxime groups is 1. The second-order valence-electron chi connectivity index (χ2n) is 6.84. The molecule has 3 aromatic rings. The van der Waals surface area contributed by atoms with Gasteiger partial charge in [0.2, 0.25) is 0 Å². The molecule has 1 aliphatic carbocycles. The predicted octanol–water partition coefficient (Wildman–Crippen LogP) is 5.15. The van der Waals surface area contributed by atoms with E-state index >= 15 is 0 Å². The van der Waals surface area contributed by atoms with E-state index in [1.54, 1.807) is 7.11 Å². The first-order valence-corrected chi connectivity index (χ1v) is 8.35. The largest absolute Gasteiger partial charge is 0.455 e. The SMILES string of the molecule is CO/N=C(/c1cc2ccccc2o1)C1CC(C)(c2ccccc2)C1. The first-order valence-electron chi connectivity index (χ1n) is 8.35. The molecule has 0 radical (unpaired) electrons. The summed E-state index contributed by atoms with van der Waals surface area (Å²) in [4.78, 5) is 5.11. The summed E-state index contributed by atoms with van der Waals surface area (Å²) in [5.74, 6) is 1.17. The second kappa shape index (κ2) is 5.82. The standard InChI is InChI=1S/C21H21NO2/c1-21(17-9-4-3-5-10-17)13-16(14-21)20(22-23-2)19-12-15-8-6-7-11-18(15)24-19/h3-12,16H,13-14H2,1-2H3/b22-20+. The highest BCUT2D eigenvalue weighted by molar-refractivity contribution is 6.03. The van der Waals surface area contributed by atoms with Gasteiger partial charge in [0.15, 0.2) is 5.76 Å². The minimum atomic E-state index is 0.201. The maximum atomic E-state index is 6.00. The molecule has 3 heteroatoms. The van der Waals surface area contributed by atoms with E-state index in [9.17, 15) is 0 Å². The van der Waals surface area contributed by atoms with Crippen LogP contribution in [-0.4, -0.2) is 12.8 Å². The average Bonchev–Trinajstić information content (AvgIpc) is 3.01. The summed E-state index contributed by atoms with van der Waals surface area (Å²) in [7, 11) is 1.59. The van der Waals surface area contributed by atoms with Gasteiger partial charge in [-0.3, -0.25) is 0 Å². The summed E-state index contributed by atoms with van der Waals surface area (Å²) >= 11 is 0. The number of furan rings is 1. The molecule has 0 amide bonds. The van der Waals surface area contributed by atoms with E-state index in [-0.39, 0.29) is 5.41 Å². The number of benzene rings is 2. The molecule has 0 atom stereocenters. The van der Waals surface area contributed by atoms with Crippen molar-refractivity contribution < 1.29 is 9.25 Å². The van der Waals surface area contributed by atoms with Crippen LogP contribution in [0.25, 0.3) is 11.0 Å². The van der Waals surface area contributed by atoms with E-state index in [0.717, 1.165) is 35.3 Å². The number of hydrogen-bond acceptors (Lipinski definition) is 3. The maximum absolute atomic E-state index is 6.00. The third-order valence-electron chi connectivity index (χ3n) is 5.12. The molecule has 0 N–H and O–H groups in total. The molecule has 1 fully saturated rings. The summed E-state index contributed by atoms with van der Waals surface area (Å²) in [5.41, 5.74) is 3.40. The van der Waals surface area contributed by atoms with Crippen molar-refractivity contribution in [1.29, 1.82) is 0 Å². The van der Waals surface area contributed by atoms with Crippen LogP contribution in [-0.2, 0) is 10.3 Å². The predicted molar refractivity (Wildman–Crippen MR) is 96.3 cm³/mol. The molecule has 1 aliphatic rings. The third-order valence-corrected chi connectivity index (χ3v) is 5.12. The first-order chi connectivity index (χ1) is 11.7. The van der Waals surface area contributed by atoms with Gasteiger partial charge in [0.1, 0.15) is 18.4 Å². The van der Waals surface area contributed by atoms with Crippen LogP contribution >= 0.6 is 0 Å². The lowest BCUT2D eigenvalue weighted by Crippen LogP contribution is -2.42. The van der Waals surface area contributed by atoms with Gasteiger partial charge in [-0.05, 0) is 36.0 Å². The fourth-order valence-electron chi connectivity index (χ4n) is 3.82. The second-order valence-corrected chi connectivity index (χ2v) is 6.84. The van der Waals surface area contributed by atoms with Gasteiger partial charge >= 0.3 is 0 Å². The first kappa shape index (κ1) is 15.0. The summed E-state index contributed by atoms with van der Waals surface area (Å²) in [6.07, 6.45) is 2.10. The zero-order valence-corrected chi connectivity index (χ0v) is 14.0. The molecule has 0 aliphatic heterocycles. The monoisotopic (exact) mass is 319 g/mol.